The first-order valence-corrected chi connectivity index (χ1v) is 7.52. The van der Waals surface area contributed by atoms with Gasteiger partial charge < -0.3 is 10.1 Å². The van der Waals surface area contributed by atoms with Gasteiger partial charge in [-0.25, -0.2) is 0 Å². The molecule has 2 N–H and O–H groups in total. The van der Waals surface area contributed by atoms with Crippen molar-refractivity contribution < 1.29 is 9.53 Å². The van der Waals surface area contributed by atoms with Crippen molar-refractivity contribution in [2.75, 3.05) is 6.61 Å². The Balaban J connectivity index is 1.55. The fourth-order valence-electron chi connectivity index (χ4n) is 2.24. The van der Waals surface area contributed by atoms with Gasteiger partial charge in [0.05, 0.1) is 5.69 Å². The molecular formula is C18H17N4O2. The van der Waals surface area contributed by atoms with Gasteiger partial charge in [-0.15, -0.1) is 0 Å². The van der Waals surface area contributed by atoms with Crippen molar-refractivity contribution in [3.05, 3.63) is 66.2 Å². The molecule has 0 aliphatic heterocycles. The van der Waals surface area contributed by atoms with Gasteiger partial charge in [0.2, 0.25) is 0 Å². The molecule has 6 nitrogen and oxygen atoms in total. The lowest BCUT2D eigenvalue weighted by Crippen LogP contribution is -2.28. The number of hydrogen-bond acceptors (Lipinski definition) is 4. The van der Waals surface area contributed by atoms with Crippen LogP contribution in [-0.2, 0) is 11.3 Å². The van der Waals surface area contributed by atoms with E-state index in [1.807, 2.05) is 37.4 Å². The van der Waals surface area contributed by atoms with E-state index in [0.717, 1.165) is 22.4 Å². The number of carbonyl (C=O) groups excluding carboxylic acids is 1. The minimum atomic E-state index is -0.191. The largest absolute Gasteiger partial charge is 0.484 e. The molecule has 0 atom stereocenters. The van der Waals surface area contributed by atoms with Crippen molar-refractivity contribution in [3.8, 4) is 16.9 Å². The van der Waals surface area contributed by atoms with Gasteiger partial charge in [0.1, 0.15) is 5.75 Å². The fraction of sp³-hybridized carbons (Fsp3) is 0.167. The summed E-state index contributed by atoms with van der Waals surface area (Å²) >= 11 is 0. The molecule has 0 unspecified atom stereocenters. The molecule has 0 aliphatic carbocycles. The Morgan fingerprint density at radius 3 is 3.08 bits per heavy atom. The zero-order chi connectivity index (χ0) is 16.8. The van der Waals surface area contributed by atoms with Gasteiger partial charge in [0.25, 0.3) is 5.91 Å². The van der Waals surface area contributed by atoms with Gasteiger partial charge >= 0.3 is 0 Å². The minimum absolute atomic E-state index is 0.0536. The van der Waals surface area contributed by atoms with Crippen molar-refractivity contribution >= 4 is 5.91 Å². The van der Waals surface area contributed by atoms with E-state index in [4.69, 9.17) is 4.74 Å². The molecule has 1 amide bonds. The highest BCUT2D eigenvalue weighted by Gasteiger charge is 2.07. The number of pyridine rings is 1. The van der Waals surface area contributed by atoms with Crippen LogP contribution < -0.4 is 10.1 Å². The van der Waals surface area contributed by atoms with E-state index in [1.165, 1.54) is 0 Å². The average Bonchev–Trinajstić information content (AvgIpc) is 3.05. The molecule has 0 fully saturated rings. The van der Waals surface area contributed by atoms with Crippen molar-refractivity contribution in [1.29, 1.82) is 0 Å². The third kappa shape index (κ3) is 3.98. The zero-order valence-corrected chi connectivity index (χ0v) is 13.2. The monoisotopic (exact) mass is 321 g/mol. The summed E-state index contributed by atoms with van der Waals surface area (Å²) in [6, 6.07) is 12.2. The number of nitrogens with zero attached hydrogens (tertiary/aromatic N) is 2. The van der Waals surface area contributed by atoms with Gasteiger partial charge in [-0.2, -0.15) is 5.10 Å². The van der Waals surface area contributed by atoms with Gasteiger partial charge in [0.15, 0.2) is 6.61 Å². The number of aromatic amines is 1. The summed E-state index contributed by atoms with van der Waals surface area (Å²) in [5, 5.41) is 9.72. The third-order valence-electron chi connectivity index (χ3n) is 3.49. The summed E-state index contributed by atoms with van der Waals surface area (Å²) in [6.07, 6.45) is 5.23. The van der Waals surface area contributed by atoms with E-state index < -0.39 is 0 Å². The second-order valence-corrected chi connectivity index (χ2v) is 5.27. The SMILES string of the molecule is Cc1n[nH]cc1-c1c[c]cc(OCC(=O)NCc2cccnc2)c1. The van der Waals surface area contributed by atoms with Crippen LogP contribution in [0.3, 0.4) is 0 Å². The molecule has 121 valence electrons. The van der Waals surface area contributed by atoms with E-state index in [2.05, 4.69) is 26.6 Å². The van der Waals surface area contributed by atoms with Crippen LogP contribution in [0.25, 0.3) is 11.1 Å². The second-order valence-electron chi connectivity index (χ2n) is 5.27. The molecule has 1 radical (unpaired) electrons. The quantitative estimate of drug-likeness (QED) is 0.730. The first-order chi connectivity index (χ1) is 11.7. The summed E-state index contributed by atoms with van der Waals surface area (Å²) in [5.74, 6) is 0.397. The second kappa shape index (κ2) is 7.41. The summed E-state index contributed by atoms with van der Waals surface area (Å²) in [5.41, 5.74) is 3.76. The van der Waals surface area contributed by atoms with Gasteiger partial charge in [-0.05, 0) is 48.4 Å². The van der Waals surface area contributed by atoms with Crippen LogP contribution in [0, 0.1) is 13.0 Å². The highest BCUT2D eigenvalue weighted by molar-refractivity contribution is 5.77. The Bertz CT molecular complexity index is 815. The van der Waals surface area contributed by atoms with Gasteiger partial charge in [-0.3, -0.25) is 14.9 Å². The first-order valence-electron chi connectivity index (χ1n) is 7.52. The first kappa shape index (κ1) is 15.7. The molecular weight excluding hydrogens is 304 g/mol. The van der Waals surface area contributed by atoms with E-state index in [-0.39, 0.29) is 12.5 Å². The Kier molecular flexibility index (Phi) is 4.86. The molecule has 3 rings (SSSR count). The zero-order valence-electron chi connectivity index (χ0n) is 13.2. The Hall–Kier alpha value is -3.15. The number of rotatable bonds is 6. The highest BCUT2D eigenvalue weighted by Crippen LogP contribution is 2.25. The summed E-state index contributed by atoms with van der Waals surface area (Å²) in [7, 11) is 0. The minimum Gasteiger partial charge on any atom is -0.484 e. The lowest BCUT2D eigenvalue weighted by Gasteiger charge is -2.08. The number of H-pyrrole nitrogens is 1. The van der Waals surface area contributed by atoms with Crippen LogP contribution in [0.15, 0.2) is 48.9 Å². The molecule has 24 heavy (non-hydrogen) atoms. The number of aromatic nitrogens is 3. The summed E-state index contributed by atoms with van der Waals surface area (Å²) < 4.78 is 5.55. The topological polar surface area (TPSA) is 79.9 Å². The maximum absolute atomic E-state index is 11.9. The summed E-state index contributed by atoms with van der Waals surface area (Å²) in [4.78, 5) is 15.9. The van der Waals surface area contributed by atoms with Gasteiger partial charge in [0, 0.05) is 30.7 Å². The number of benzene rings is 1. The molecule has 0 saturated carbocycles. The molecule has 6 heteroatoms. The van der Waals surface area contributed by atoms with Crippen molar-refractivity contribution in [1.82, 2.24) is 20.5 Å². The standard InChI is InChI=1S/C18H17N4O2/c1-13-17(11-21-22-13)15-5-2-6-16(8-15)24-12-18(23)20-10-14-4-3-7-19-9-14/h3-9,11H,10,12H2,1H3,(H,20,23)(H,21,22). The third-order valence-corrected chi connectivity index (χ3v) is 3.49. The van der Waals surface area contributed by atoms with E-state index in [1.54, 1.807) is 18.5 Å². The Morgan fingerprint density at radius 2 is 2.33 bits per heavy atom. The number of carbonyl (C=O) groups is 1. The van der Waals surface area contributed by atoms with Crippen LogP contribution in [0.5, 0.6) is 5.75 Å². The molecule has 0 aliphatic rings. The molecule has 0 spiro atoms. The van der Waals surface area contributed by atoms with Crippen molar-refractivity contribution in [3.63, 3.8) is 0 Å². The molecule has 2 aromatic heterocycles. The lowest BCUT2D eigenvalue weighted by molar-refractivity contribution is -0.123. The lowest BCUT2D eigenvalue weighted by atomic mass is 10.1. The van der Waals surface area contributed by atoms with Crippen LogP contribution in [0.1, 0.15) is 11.3 Å². The van der Waals surface area contributed by atoms with E-state index >= 15 is 0 Å². The van der Waals surface area contributed by atoms with Gasteiger partial charge in [-0.1, -0.05) is 6.07 Å². The van der Waals surface area contributed by atoms with Crippen molar-refractivity contribution in [2.45, 2.75) is 13.5 Å². The average molecular weight is 321 g/mol. The predicted octanol–water partition coefficient (Wildman–Crippen LogP) is 2.28. The number of ether oxygens (including phenoxy) is 1. The van der Waals surface area contributed by atoms with Crippen molar-refractivity contribution in [2.24, 2.45) is 0 Å². The fourth-order valence-corrected chi connectivity index (χ4v) is 2.24. The molecule has 0 bridgehead atoms. The van der Waals surface area contributed by atoms with E-state index in [9.17, 15) is 4.79 Å². The Morgan fingerprint density at radius 1 is 1.42 bits per heavy atom. The Labute approximate surface area is 139 Å². The maximum atomic E-state index is 11.9. The number of hydrogen-bond donors (Lipinski definition) is 2. The normalized spacial score (nSPS) is 10.4. The molecule has 3 aromatic rings. The predicted molar refractivity (Wildman–Crippen MR) is 89.2 cm³/mol. The maximum Gasteiger partial charge on any atom is 0.258 e. The number of amides is 1. The molecule has 0 saturated heterocycles. The molecule has 1 aromatic carbocycles. The molecule has 2 heterocycles. The number of aryl methyl sites for hydroxylation is 1. The van der Waals surface area contributed by atoms with Crippen LogP contribution >= 0.6 is 0 Å². The van der Waals surface area contributed by atoms with Crippen LogP contribution in [0.2, 0.25) is 0 Å². The summed E-state index contributed by atoms with van der Waals surface area (Å²) in [6.45, 7) is 2.30. The van der Waals surface area contributed by atoms with Crippen LogP contribution in [0.4, 0.5) is 0 Å². The van der Waals surface area contributed by atoms with Crippen LogP contribution in [-0.4, -0.2) is 27.7 Å². The number of nitrogens with one attached hydrogen (secondary N) is 2. The highest BCUT2D eigenvalue weighted by atomic mass is 16.5. The smallest absolute Gasteiger partial charge is 0.258 e. The van der Waals surface area contributed by atoms with E-state index in [0.29, 0.717) is 12.3 Å².